The van der Waals surface area contributed by atoms with Crippen LogP contribution >= 0.6 is 11.3 Å². The van der Waals surface area contributed by atoms with Crippen LogP contribution in [0.1, 0.15) is 5.69 Å². The van der Waals surface area contributed by atoms with Gasteiger partial charge in [-0.15, -0.1) is 0 Å². The van der Waals surface area contributed by atoms with Crippen LogP contribution < -0.4 is 10.2 Å². The van der Waals surface area contributed by atoms with Gasteiger partial charge in [0, 0.05) is 56.0 Å². The molecule has 1 aliphatic heterocycles. The minimum absolute atomic E-state index is 0.0279. The summed E-state index contributed by atoms with van der Waals surface area (Å²) in [6.45, 7) is 7.61. The molecule has 7 heteroatoms. The lowest BCUT2D eigenvalue weighted by atomic mass is 10.3. The zero-order valence-electron chi connectivity index (χ0n) is 14.5. The number of anilines is 1. The lowest BCUT2D eigenvalue weighted by Gasteiger charge is -2.34. The predicted octanol–water partition coefficient (Wildman–Crippen LogP) is 1.47. The molecule has 0 bridgehead atoms. The van der Waals surface area contributed by atoms with Crippen molar-refractivity contribution in [3.05, 3.63) is 51.1 Å². The topological polar surface area (TPSA) is 57.6 Å². The third kappa shape index (κ3) is 5.01. The molecule has 3 rings (SSSR count). The van der Waals surface area contributed by atoms with E-state index in [1.165, 1.54) is 11.3 Å². The molecule has 1 N–H and O–H groups in total. The number of hydrogen-bond donors (Lipinski definition) is 1. The summed E-state index contributed by atoms with van der Waals surface area (Å²) in [4.78, 5) is 28.5. The van der Waals surface area contributed by atoms with Crippen molar-refractivity contribution in [1.82, 2.24) is 14.4 Å². The highest BCUT2D eigenvalue weighted by molar-refractivity contribution is 7.07. The van der Waals surface area contributed by atoms with Gasteiger partial charge in [0.05, 0.1) is 6.54 Å². The first-order valence-electron chi connectivity index (χ1n) is 8.56. The Morgan fingerprint density at radius 2 is 1.76 bits per heavy atom. The van der Waals surface area contributed by atoms with Crippen molar-refractivity contribution in [2.45, 2.75) is 13.5 Å². The largest absolute Gasteiger partial charge is 0.325 e. The van der Waals surface area contributed by atoms with E-state index < -0.39 is 0 Å². The van der Waals surface area contributed by atoms with Crippen LogP contribution in [0.15, 0.2) is 40.5 Å². The molecule has 1 saturated heterocycles. The summed E-state index contributed by atoms with van der Waals surface area (Å²) < 4.78 is 1.84. The molecule has 0 spiro atoms. The molecule has 6 nitrogen and oxygen atoms in total. The van der Waals surface area contributed by atoms with Crippen molar-refractivity contribution in [3.63, 3.8) is 0 Å². The van der Waals surface area contributed by atoms with Crippen LogP contribution in [0, 0.1) is 6.92 Å². The predicted molar refractivity (Wildman–Crippen MR) is 101 cm³/mol. The average Bonchev–Trinajstić information content (AvgIpc) is 2.93. The van der Waals surface area contributed by atoms with E-state index in [0.717, 1.165) is 50.6 Å². The van der Waals surface area contributed by atoms with Crippen molar-refractivity contribution in [2.24, 2.45) is 0 Å². The molecular formula is C18H24N4O2S. The van der Waals surface area contributed by atoms with Crippen LogP contribution in [-0.2, 0) is 11.3 Å². The second-order valence-corrected chi connectivity index (χ2v) is 7.15. The molecule has 1 aromatic heterocycles. The Morgan fingerprint density at radius 3 is 2.40 bits per heavy atom. The molecule has 0 radical (unpaired) electrons. The summed E-state index contributed by atoms with van der Waals surface area (Å²) >= 11 is 1.26. The summed E-state index contributed by atoms with van der Waals surface area (Å²) in [5.41, 5.74) is 1.87. The van der Waals surface area contributed by atoms with Crippen LogP contribution in [0.3, 0.4) is 0 Å². The van der Waals surface area contributed by atoms with E-state index in [0.29, 0.717) is 6.54 Å². The summed E-state index contributed by atoms with van der Waals surface area (Å²) in [7, 11) is 0. The maximum absolute atomic E-state index is 12.1. The number of amides is 1. The quantitative estimate of drug-likeness (QED) is 0.848. The van der Waals surface area contributed by atoms with Crippen LogP contribution in [0.4, 0.5) is 5.69 Å². The summed E-state index contributed by atoms with van der Waals surface area (Å²) in [5, 5.41) is 4.83. The standard InChI is InChI=1S/C18H24N4O2S/c1-15-14-25-18(24)22(15)12-11-20-7-9-21(10-8-20)13-17(23)19-16-5-3-2-4-6-16/h2-6,14H,7-13H2,1H3,(H,19,23). The third-order valence-electron chi connectivity index (χ3n) is 4.51. The fourth-order valence-electron chi connectivity index (χ4n) is 3.01. The highest BCUT2D eigenvalue weighted by Gasteiger charge is 2.19. The molecule has 0 aliphatic carbocycles. The Labute approximate surface area is 151 Å². The van der Waals surface area contributed by atoms with Crippen molar-refractivity contribution in [2.75, 3.05) is 44.6 Å². The lowest BCUT2D eigenvalue weighted by Crippen LogP contribution is -2.49. The van der Waals surface area contributed by atoms with Crippen molar-refractivity contribution in [1.29, 1.82) is 0 Å². The Morgan fingerprint density at radius 1 is 1.08 bits per heavy atom. The monoisotopic (exact) mass is 360 g/mol. The molecule has 1 fully saturated rings. The fraction of sp³-hybridized carbons (Fsp3) is 0.444. The number of carbonyl (C=O) groups excluding carboxylic acids is 1. The minimum Gasteiger partial charge on any atom is -0.325 e. The van der Waals surface area contributed by atoms with Gasteiger partial charge in [-0.2, -0.15) is 0 Å². The lowest BCUT2D eigenvalue weighted by molar-refractivity contribution is -0.117. The van der Waals surface area contributed by atoms with Crippen LogP contribution in [0.2, 0.25) is 0 Å². The molecular weight excluding hydrogens is 336 g/mol. The van der Waals surface area contributed by atoms with E-state index >= 15 is 0 Å². The van der Waals surface area contributed by atoms with Gasteiger partial charge in [0.1, 0.15) is 0 Å². The molecule has 1 amide bonds. The normalized spacial score (nSPS) is 16.0. The number of piperazine rings is 1. The summed E-state index contributed by atoms with van der Waals surface area (Å²) in [6.07, 6.45) is 0. The van der Waals surface area contributed by atoms with Crippen molar-refractivity contribution < 1.29 is 4.79 Å². The second kappa shape index (κ2) is 8.42. The Hall–Kier alpha value is -1.96. The number of nitrogens with zero attached hydrogens (tertiary/aromatic N) is 3. The summed E-state index contributed by atoms with van der Waals surface area (Å²) in [6, 6.07) is 9.54. The van der Waals surface area contributed by atoms with E-state index in [1.807, 2.05) is 47.2 Å². The molecule has 1 aliphatic rings. The van der Waals surface area contributed by atoms with Gasteiger partial charge >= 0.3 is 4.87 Å². The second-order valence-electron chi connectivity index (χ2n) is 6.33. The molecule has 2 heterocycles. The van der Waals surface area contributed by atoms with E-state index in [4.69, 9.17) is 0 Å². The molecule has 1 aromatic carbocycles. The number of hydrogen-bond acceptors (Lipinski definition) is 5. The number of para-hydroxylation sites is 1. The average molecular weight is 360 g/mol. The van der Waals surface area contributed by atoms with Gasteiger partial charge in [-0.1, -0.05) is 29.5 Å². The highest BCUT2D eigenvalue weighted by Crippen LogP contribution is 2.07. The number of carbonyl (C=O) groups is 1. The van der Waals surface area contributed by atoms with Crippen molar-refractivity contribution in [3.8, 4) is 0 Å². The zero-order chi connectivity index (χ0) is 17.6. The van der Waals surface area contributed by atoms with Gasteiger partial charge in [0.15, 0.2) is 0 Å². The number of rotatable bonds is 6. The molecule has 25 heavy (non-hydrogen) atoms. The summed E-state index contributed by atoms with van der Waals surface area (Å²) in [5.74, 6) is 0.0279. The van der Waals surface area contributed by atoms with Gasteiger partial charge in [-0.3, -0.25) is 19.4 Å². The number of aromatic nitrogens is 1. The molecule has 0 saturated carbocycles. The highest BCUT2D eigenvalue weighted by atomic mass is 32.1. The maximum Gasteiger partial charge on any atom is 0.307 e. The SMILES string of the molecule is Cc1csc(=O)n1CCN1CCN(CC(=O)Nc2ccccc2)CC1. The van der Waals surface area contributed by atoms with Crippen LogP contribution in [0.5, 0.6) is 0 Å². The van der Waals surface area contributed by atoms with E-state index in [9.17, 15) is 9.59 Å². The number of aryl methyl sites for hydroxylation is 1. The van der Waals surface area contributed by atoms with Gasteiger partial charge in [0.2, 0.25) is 5.91 Å². The van der Waals surface area contributed by atoms with E-state index in [1.54, 1.807) is 0 Å². The number of thiazole rings is 1. The van der Waals surface area contributed by atoms with Gasteiger partial charge in [-0.25, -0.2) is 0 Å². The van der Waals surface area contributed by atoms with Crippen molar-refractivity contribution >= 4 is 22.9 Å². The Kier molecular flexibility index (Phi) is 6.01. The first-order valence-corrected chi connectivity index (χ1v) is 9.44. The molecule has 134 valence electrons. The van der Waals surface area contributed by atoms with Gasteiger partial charge in [-0.05, 0) is 19.1 Å². The molecule has 0 unspecified atom stereocenters. The van der Waals surface area contributed by atoms with Crippen LogP contribution in [0.25, 0.3) is 0 Å². The van der Waals surface area contributed by atoms with E-state index in [2.05, 4.69) is 15.1 Å². The Balaban J connectivity index is 1.40. The van der Waals surface area contributed by atoms with Crippen LogP contribution in [-0.4, -0.2) is 59.5 Å². The van der Waals surface area contributed by atoms with Gasteiger partial charge in [0.25, 0.3) is 0 Å². The first kappa shape index (κ1) is 17.8. The minimum atomic E-state index is 0.0279. The first-order chi connectivity index (χ1) is 12.1. The van der Waals surface area contributed by atoms with E-state index in [-0.39, 0.29) is 10.8 Å². The smallest absolute Gasteiger partial charge is 0.307 e. The molecule has 0 atom stereocenters. The zero-order valence-corrected chi connectivity index (χ0v) is 15.3. The Bertz CT molecular complexity index is 748. The molecule has 2 aromatic rings. The third-order valence-corrected chi connectivity index (χ3v) is 5.39. The van der Waals surface area contributed by atoms with Gasteiger partial charge < -0.3 is 9.88 Å². The number of nitrogens with one attached hydrogen (secondary N) is 1. The fourth-order valence-corrected chi connectivity index (χ4v) is 3.77. The number of benzene rings is 1. The maximum atomic E-state index is 12.1.